The second-order valence-corrected chi connectivity index (χ2v) is 7.06. The van der Waals surface area contributed by atoms with Gasteiger partial charge >= 0.3 is 0 Å². The van der Waals surface area contributed by atoms with Gasteiger partial charge in [0.25, 0.3) is 0 Å². The zero-order valence-corrected chi connectivity index (χ0v) is 15.0. The zero-order chi connectivity index (χ0) is 18.0. The molecule has 1 N–H and O–H groups in total. The van der Waals surface area contributed by atoms with Gasteiger partial charge in [-0.3, -0.25) is 24.0 Å². The summed E-state index contributed by atoms with van der Waals surface area (Å²) < 4.78 is 1.90. The highest BCUT2D eigenvalue weighted by Crippen LogP contribution is 2.24. The molecule has 25 heavy (non-hydrogen) atoms. The molecule has 1 aliphatic heterocycles. The van der Waals surface area contributed by atoms with Crippen LogP contribution in [0.4, 0.5) is 0 Å². The molecule has 3 amide bonds. The maximum Gasteiger partial charge on any atom is 0.240 e. The Labute approximate surface area is 149 Å². The number of carbonyl (C=O) groups is 3. The molecule has 0 bridgehead atoms. The van der Waals surface area contributed by atoms with Gasteiger partial charge < -0.3 is 5.32 Å². The number of imide groups is 1. The van der Waals surface area contributed by atoms with Crippen molar-refractivity contribution in [3.05, 3.63) is 39.8 Å². The first kappa shape index (κ1) is 17.3. The lowest BCUT2D eigenvalue weighted by Gasteiger charge is -2.20. The fourth-order valence-corrected chi connectivity index (χ4v) is 3.77. The lowest BCUT2D eigenvalue weighted by molar-refractivity contribution is -0.142. The molecule has 8 heteroatoms. The molecule has 2 aromatic rings. The number of likely N-dealkylation sites (tertiary alicyclic amines) is 1. The summed E-state index contributed by atoms with van der Waals surface area (Å²) in [6.45, 7) is 4.03. The van der Waals surface area contributed by atoms with Gasteiger partial charge in [-0.1, -0.05) is 6.07 Å². The van der Waals surface area contributed by atoms with Gasteiger partial charge in [-0.25, -0.2) is 0 Å². The summed E-state index contributed by atoms with van der Waals surface area (Å²) in [7, 11) is 0. The quantitative estimate of drug-likeness (QED) is 0.790. The molecule has 3 rings (SSSR count). The Hall–Kier alpha value is -2.48. The molecule has 1 aliphatic rings. The number of thiophene rings is 1. The van der Waals surface area contributed by atoms with E-state index in [0.717, 1.165) is 21.2 Å². The summed E-state index contributed by atoms with van der Waals surface area (Å²) >= 11 is 1.60. The average Bonchev–Trinajstić information content (AvgIpc) is 3.27. The molecule has 7 nitrogen and oxygen atoms in total. The summed E-state index contributed by atoms with van der Waals surface area (Å²) in [5.74, 6) is -0.909. The molecule has 132 valence electrons. The molecular formula is C17H20N4O3S. The summed E-state index contributed by atoms with van der Waals surface area (Å²) in [6.07, 6.45) is 0.380. The fourth-order valence-electron chi connectivity index (χ4n) is 2.96. The molecule has 3 heterocycles. The molecule has 0 radical (unpaired) electrons. The SMILES string of the molecule is Cc1cc(C)n([C@H](CNC(=O)CN2C(=O)CCC2=O)c2cccs2)n1. The van der Waals surface area contributed by atoms with E-state index in [1.54, 1.807) is 11.3 Å². The minimum absolute atomic E-state index is 0.123. The smallest absolute Gasteiger partial charge is 0.240 e. The van der Waals surface area contributed by atoms with Crippen molar-refractivity contribution < 1.29 is 14.4 Å². The lowest BCUT2D eigenvalue weighted by Crippen LogP contribution is -2.41. The van der Waals surface area contributed by atoms with Crippen molar-refractivity contribution in [2.24, 2.45) is 0 Å². The normalized spacial score (nSPS) is 15.7. The van der Waals surface area contributed by atoms with Gasteiger partial charge in [0.05, 0.1) is 5.69 Å². The highest BCUT2D eigenvalue weighted by Gasteiger charge is 2.30. The Bertz CT molecular complexity index is 781. The molecule has 1 saturated heterocycles. The standard InChI is InChI=1S/C17H20N4O3S/c1-11-8-12(2)21(19-11)13(14-4-3-7-25-14)9-18-15(22)10-20-16(23)5-6-17(20)24/h3-4,7-8,13H,5-6,9-10H2,1-2H3,(H,18,22)/t13-/m1/s1. The Balaban J connectivity index is 1.69. The first-order chi connectivity index (χ1) is 12.0. The van der Waals surface area contributed by atoms with E-state index in [1.807, 2.05) is 42.1 Å². The van der Waals surface area contributed by atoms with Crippen molar-refractivity contribution in [1.82, 2.24) is 20.0 Å². The zero-order valence-electron chi connectivity index (χ0n) is 14.2. The number of nitrogens with one attached hydrogen (secondary N) is 1. The van der Waals surface area contributed by atoms with Crippen LogP contribution in [-0.2, 0) is 14.4 Å². The van der Waals surface area contributed by atoms with Crippen molar-refractivity contribution in [3.63, 3.8) is 0 Å². The number of hydrogen-bond donors (Lipinski definition) is 1. The molecule has 0 saturated carbocycles. The maximum atomic E-state index is 12.2. The van der Waals surface area contributed by atoms with Crippen LogP contribution in [-0.4, -0.2) is 45.5 Å². The number of nitrogens with zero attached hydrogens (tertiary/aromatic N) is 3. The van der Waals surface area contributed by atoms with Crippen molar-refractivity contribution in [3.8, 4) is 0 Å². The van der Waals surface area contributed by atoms with Crippen molar-refractivity contribution in [1.29, 1.82) is 0 Å². The third-order valence-electron chi connectivity index (χ3n) is 4.16. The van der Waals surface area contributed by atoms with Gasteiger partial charge in [-0.15, -0.1) is 11.3 Å². The lowest BCUT2D eigenvalue weighted by atomic mass is 10.2. The molecule has 2 aromatic heterocycles. The van der Waals surface area contributed by atoms with Crippen LogP contribution in [0.5, 0.6) is 0 Å². The van der Waals surface area contributed by atoms with Crippen molar-refractivity contribution in [2.75, 3.05) is 13.1 Å². The van der Waals surface area contributed by atoms with Crippen LogP contribution in [0.2, 0.25) is 0 Å². The Morgan fingerprint density at radius 1 is 1.32 bits per heavy atom. The Morgan fingerprint density at radius 2 is 2.04 bits per heavy atom. The molecule has 0 unspecified atom stereocenters. The highest BCUT2D eigenvalue weighted by atomic mass is 32.1. The van der Waals surface area contributed by atoms with Crippen LogP contribution in [0.3, 0.4) is 0 Å². The Morgan fingerprint density at radius 3 is 2.60 bits per heavy atom. The first-order valence-corrected chi connectivity index (χ1v) is 8.99. The molecular weight excluding hydrogens is 340 g/mol. The molecule has 0 aliphatic carbocycles. The van der Waals surface area contributed by atoms with Crippen LogP contribution >= 0.6 is 11.3 Å². The van der Waals surface area contributed by atoms with Gasteiger partial charge in [0.15, 0.2) is 0 Å². The third kappa shape index (κ3) is 3.79. The van der Waals surface area contributed by atoms with Gasteiger partial charge in [0, 0.05) is 30.0 Å². The fraction of sp³-hybridized carbons (Fsp3) is 0.412. The van der Waals surface area contributed by atoms with Crippen molar-refractivity contribution in [2.45, 2.75) is 32.7 Å². The van der Waals surface area contributed by atoms with E-state index in [-0.39, 0.29) is 43.1 Å². The molecule has 0 spiro atoms. The van der Waals surface area contributed by atoms with Gasteiger partial charge in [-0.2, -0.15) is 5.10 Å². The van der Waals surface area contributed by atoms with Crippen LogP contribution in [0.25, 0.3) is 0 Å². The molecule has 0 aromatic carbocycles. The van der Waals surface area contributed by atoms with Gasteiger partial charge in [0.2, 0.25) is 17.7 Å². The van der Waals surface area contributed by atoms with Crippen LogP contribution < -0.4 is 5.32 Å². The maximum absolute atomic E-state index is 12.2. The van der Waals surface area contributed by atoms with Crippen LogP contribution in [0.1, 0.15) is 35.1 Å². The largest absolute Gasteiger partial charge is 0.352 e. The van der Waals surface area contributed by atoms with Crippen LogP contribution in [0, 0.1) is 13.8 Å². The summed E-state index contributed by atoms with van der Waals surface area (Å²) in [4.78, 5) is 37.6. The number of hydrogen-bond acceptors (Lipinski definition) is 5. The predicted octanol–water partition coefficient (Wildman–Crippen LogP) is 1.42. The van der Waals surface area contributed by atoms with E-state index in [1.165, 1.54) is 0 Å². The van der Waals surface area contributed by atoms with E-state index in [2.05, 4.69) is 10.4 Å². The summed E-state index contributed by atoms with van der Waals surface area (Å²) in [5.41, 5.74) is 1.92. The second kappa shape index (κ2) is 7.18. The average molecular weight is 360 g/mol. The Kier molecular flexibility index (Phi) is 4.98. The van der Waals surface area contributed by atoms with Crippen molar-refractivity contribution >= 4 is 29.1 Å². The first-order valence-electron chi connectivity index (χ1n) is 8.11. The number of aryl methyl sites for hydroxylation is 2. The molecule has 1 atom stereocenters. The third-order valence-corrected chi connectivity index (χ3v) is 5.13. The number of amides is 3. The number of carbonyl (C=O) groups excluding carboxylic acids is 3. The molecule has 1 fully saturated rings. The van der Waals surface area contributed by atoms with Gasteiger partial charge in [-0.05, 0) is 31.4 Å². The van der Waals surface area contributed by atoms with Crippen LogP contribution in [0.15, 0.2) is 23.6 Å². The topological polar surface area (TPSA) is 84.3 Å². The van der Waals surface area contributed by atoms with E-state index in [9.17, 15) is 14.4 Å². The summed E-state index contributed by atoms with van der Waals surface area (Å²) in [5, 5.41) is 9.34. The minimum atomic E-state index is -0.341. The summed E-state index contributed by atoms with van der Waals surface area (Å²) in [6, 6.07) is 5.83. The number of rotatable bonds is 6. The van der Waals surface area contributed by atoms with E-state index >= 15 is 0 Å². The second-order valence-electron chi connectivity index (χ2n) is 6.08. The monoisotopic (exact) mass is 360 g/mol. The van der Waals surface area contributed by atoms with Gasteiger partial charge in [0.1, 0.15) is 12.6 Å². The minimum Gasteiger partial charge on any atom is -0.352 e. The van der Waals surface area contributed by atoms with E-state index < -0.39 is 0 Å². The predicted molar refractivity (Wildman–Crippen MR) is 93.1 cm³/mol. The number of aromatic nitrogens is 2. The van der Waals surface area contributed by atoms with E-state index in [0.29, 0.717) is 6.54 Å². The highest BCUT2D eigenvalue weighted by molar-refractivity contribution is 7.10. The van der Waals surface area contributed by atoms with E-state index in [4.69, 9.17) is 0 Å².